The molecule has 0 unspecified atom stereocenters. The van der Waals surface area contributed by atoms with E-state index in [1.165, 1.54) is 0 Å². The number of nitrogens with zero attached hydrogens (tertiary/aromatic N) is 2. The Morgan fingerprint density at radius 1 is 1.30 bits per heavy atom. The second kappa shape index (κ2) is 6.89. The number of aromatic nitrogens is 2. The van der Waals surface area contributed by atoms with Gasteiger partial charge >= 0.3 is 0 Å². The number of hydrogen-bond acceptors (Lipinski definition) is 2. The van der Waals surface area contributed by atoms with E-state index in [1.807, 2.05) is 44.4 Å². The number of hydrogen-bond donors (Lipinski definition) is 1. The third-order valence-corrected chi connectivity index (χ3v) is 3.15. The molecule has 1 heterocycles. The van der Waals surface area contributed by atoms with Crippen LogP contribution in [0, 0.1) is 5.92 Å². The van der Waals surface area contributed by atoms with Crippen LogP contribution in [-0.2, 0) is 11.3 Å². The normalized spacial score (nSPS) is 10.8. The molecule has 4 heteroatoms. The molecule has 1 aromatic carbocycles. The molecule has 0 fully saturated rings. The number of aryl methyl sites for hydroxylation is 1. The van der Waals surface area contributed by atoms with E-state index in [9.17, 15) is 4.79 Å². The lowest BCUT2D eigenvalue weighted by atomic mass is 10.2. The average Bonchev–Trinajstić information content (AvgIpc) is 2.92. The average molecular weight is 271 g/mol. The van der Waals surface area contributed by atoms with E-state index >= 15 is 0 Å². The van der Waals surface area contributed by atoms with Crippen molar-refractivity contribution >= 4 is 5.91 Å². The molecule has 0 aliphatic heterocycles. The standard InChI is InChI=1S/C16H21N3O/c1-13(2)16(20)18-9-6-11-19-12-10-17-15(19)14-7-4-3-5-8-14/h3-5,7-8,10,12-13H,6,9,11H2,1-2H3,(H,18,20). The SMILES string of the molecule is CC(C)C(=O)NCCCn1ccnc1-c1ccccc1. The molecule has 0 aliphatic carbocycles. The highest BCUT2D eigenvalue weighted by molar-refractivity contribution is 5.77. The summed E-state index contributed by atoms with van der Waals surface area (Å²) in [5.74, 6) is 1.13. The minimum absolute atomic E-state index is 0.0446. The molecule has 4 nitrogen and oxygen atoms in total. The number of amides is 1. The Labute approximate surface area is 119 Å². The van der Waals surface area contributed by atoms with Crippen LogP contribution in [0.5, 0.6) is 0 Å². The number of nitrogens with one attached hydrogen (secondary N) is 1. The first-order valence-electron chi connectivity index (χ1n) is 7.02. The topological polar surface area (TPSA) is 46.9 Å². The molecule has 0 spiro atoms. The number of carbonyl (C=O) groups excluding carboxylic acids is 1. The third-order valence-electron chi connectivity index (χ3n) is 3.15. The van der Waals surface area contributed by atoms with Crippen molar-refractivity contribution in [3.8, 4) is 11.4 Å². The van der Waals surface area contributed by atoms with Crippen molar-refractivity contribution < 1.29 is 4.79 Å². The maximum absolute atomic E-state index is 11.5. The van der Waals surface area contributed by atoms with Crippen LogP contribution < -0.4 is 5.32 Å². The van der Waals surface area contributed by atoms with Gasteiger partial charge in [0.1, 0.15) is 5.82 Å². The highest BCUT2D eigenvalue weighted by atomic mass is 16.1. The molecule has 106 valence electrons. The summed E-state index contributed by atoms with van der Waals surface area (Å²) in [6.45, 7) is 5.35. The summed E-state index contributed by atoms with van der Waals surface area (Å²) in [4.78, 5) is 15.9. The van der Waals surface area contributed by atoms with Gasteiger partial charge in [-0.25, -0.2) is 4.98 Å². The quantitative estimate of drug-likeness (QED) is 0.821. The van der Waals surface area contributed by atoms with Gasteiger partial charge in [-0.15, -0.1) is 0 Å². The number of rotatable bonds is 6. The molecule has 2 rings (SSSR count). The van der Waals surface area contributed by atoms with Crippen LogP contribution in [0.4, 0.5) is 0 Å². The Kier molecular flexibility index (Phi) is 4.93. The first kappa shape index (κ1) is 14.3. The molecule has 2 aromatic rings. The Hall–Kier alpha value is -2.10. The summed E-state index contributed by atoms with van der Waals surface area (Å²) < 4.78 is 2.12. The van der Waals surface area contributed by atoms with Gasteiger partial charge in [-0.2, -0.15) is 0 Å². The van der Waals surface area contributed by atoms with Gasteiger partial charge in [0.2, 0.25) is 5.91 Å². The molecule has 0 atom stereocenters. The van der Waals surface area contributed by atoms with Gasteiger partial charge in [-0.1, -0.05) is 44.2 Å². The predicted molar refractivity (Wildman–Crippen MR) is 80.1 cm³/mol. The summed E-state index contributed by atoms with van der Waals surface area (Å²) in [5.41, 5.74) is 1.11. The Bertz CT molecular complexity index is 546. The second-order valence-corrected chi connectivity index (χ2v) is 5.11. The van der Waals surface area contributed by atoms with Gasteiger partial charge in [-0.3, -0.25) is 4.79 Å². The molecule has 1 aromatic heterocycles. The van der Waals surface area contributed by atoms with Crippen molar-refractivity contribution in [2.75, 3.05) is 6.54 Å². The number of imidazole rings is 1. The van der Waals surface area contributed by atoms with Gasteiger partial charge in [-0.05, 0) is 6.42 Å². The summed E-state index contributed by atoms with van der Waals surface area (Å²) >= 11 is 0. The van der Waals surface area contributed by atoms with Crippen LogP contribution in [0.3, 0.4) is 0 Å². The van der Waals surface area contributed by atoms with E-state index in [2.05, 4.69) is 27.0 Å². The van der Waals surface area contributed by atoms with Crippen LogP contribution >= 0.6 is 0 Å². The fourth-order valence-corrected chi connectivity index (χ4v) is 2.00. The van der Waals surface area contributed by atoms with Crippen molar-refractivity contribution in [2.45, 2.75) is 26.8 Å². The molecule has 0 radical (unpaired) electrons. The lowest BCUT2D eigenvalue weighted by molar-refractivity contribution is -0.123. The van der Waals surface area contributed by atoms with Gasteiger partial charge < -0.3 is 9.88 Å². The summed E-state index contributed by atoms with van der Waals surface area (Å²) in [6, 6.07) is 10.1. The van der Waals surface area contributed by atoms with Crippen molar-refractivity contribution in [1.29, 1.82) is 0 Å². The minimum Gasteiger partial charge on any atom is -0.356 e. The van der Waals surface area contributed by atoms with E-state index in [1.54, 1.807) is 0 Å². The summed E-state index contributed by atoms with van der Waals surface area (Å²) in [6.07, 6.45) is 4.69. The molecule has 20 heavy (non-hydrogen) atoms. The number of carbonyl (C=O) groups is 1. The maximum Gasteiger partial charge on any atom is 0.222 e. The van der Waals surface area contributed by atoms with Crippen molar-refractivity contribution in [2.24, 2.45) is 5.92 Å². The van der Waals surface area contributed by atoms with E-state index in [-0.39, 0.29) is 11.8 Å². The first-order chi connectivity index (χ1) is 9.68. The lowest BCUT2D eigenvalue weighted by Gasteiger charge is -2.10. The van der Waals surface area contributed by atoms with Crippen molar-refractivity contribution in [1.82, 2.24) is 14.9 Å². The zero-order valence-corrected chi connectivity index (χ0v) is 12.0. The number of benzene rings is 1. The molecule has 0 bridgehead atoms. The van der Waals surface area contributed by atoms with Crippen LogP contribution in [0.15, 0.2) is 42.7 Å². The van der Waals surface area contributed by atoms with Crippen LogP contribution in [0.1, 0.15) is 20.3 Å². The molecular weight excluding hydrogens is 250 g/mol. The van der Waals surface area contributed by atoms with Gasteiger partial charge in [0, 0.05) is 37.0 Å². The zero-order chi connectivity index (χ0) is 14.4. The Balaban J connectivity index is 1.89. The van der Waals surface area contributed by atoms with E-state index in [0.717, 1.165) is 24.4 Å². The first-order valence-corrected chi connectivity index (χ1v) is 7.02. The van der Waals surface area contributed by atoms with E-state index in [4.69, 9.17) is 0 Å². The molecular formula is C16H21N3O. The minimum atomic E-state index is 0.0446. The van der Waals surface area contributed by atoms with Gasteiger partial charge in [0.05, 0.1) is 0 Å². The predicted octanol–water partition coefficient (Wildman–Crippen LogP) is 2.71. The van der Waals surface area contributed by atoms with Crippen LogP contribution in [0.2, 0.25) is 0 Å². The second-order valence-electron chi connectivity index (χ2n) is 5.11. The van der Waals surface area contributed by atoms with E-state index < -0.39 is 0 Å². The monoisotopic (exact) mass is 271 g/mol. The fraction of sp³-hybridized carbons (Fsp3) is 0.375. The highest BCUT2D eigenvalue weighted by Gasteiger charge is 2.07. The maximum atomic E-state index is 11.5. The van der Waals surface area contributed by atoms with Crippen LogP contribution in [-0.4, -0.2) is 22.0 Å². The lowest BCUT2D eigenvalue weighted by Crippen LogP contribution is -2.29. The van der Waals surface area contributed by atoms with Gasteiger partial charge in [0.15, 0.2) is 0 Å². The summed E-state index contributed by atoms with van der Waals surface area (Å²) in [7, 11) is 0. The van der Waals surface area contributed by atoms with Crippen molar-refractivity contribution in [3.05, 3.63) is 42.7 Å². The molecule has 0 saturated carbocycles. The van der Waals surface area contributed by atoms with Crippen molar-refractivity contribution in [3.63, 3.8) is 0 Å². The highest BCUT2D eigenvalue weighted by Crippen LogP contribution is 2.16. The van der Waals surface area contributed by atoms with Gasteiger partial charge in [0.25, 0.3) is 0 Å². The molecule has 0 saturated heterocycles. The largest absolute Gasteiger partial charge is 0.356 e. The Morgan fingerprint density at radius 2 is 2.05 bits per heavy atom. The molecule has 1 amide bonds. The van der Waals surface area contributed by atoms with Crippen LogP contribution in [0.25, 0.3) is 11.4 Å². The molecule has 1 N–H and O–H groups in total. The molecule has 0 aliphatic rings. The van der Waals surface area contributed by atoms with E-state index in [0.29, 0.717) is 6.54 Å². The smallest absolute Gasteiger partial charge is 0.222 e. The third kappa shape index (κ3) is 3.70. The fourth-order valence-electron chi connectivity index (χ4n) is 2.00. The summed E-state index contributed by atoms with van der Waals surface area (Å²) in [5, 5.41) is 2.93. The zero-order valence-electron chi connectivity index (χ0n) is 12.0. The Morgan fingerprint density at radius 3 is 2.75 bits per heavy atom.